The number of fused-ring (bicyclic) bond motifs is 1. The van der Waals surface area contributed by atoms with Gasteiger partial charge in [0, 0.05) is 11.6 Å². The summed E-state index contributed by atoms with van der Waals surface area (Å²) in [5.74, 6) is 0.890. The molecular weight excluding hydrogens is 322 g/mol. The predicted octanol–water partition coefficient (Wildman–Crippen LogP) is 3.13. The van der Waals surface area contributed by atoms with Gasteiger partial charge in [0.25, 0.3) is 5.91 Å². The molecule has 1 aromatic heterocycles. The maximum Gasteiger partial charge on any atom is 0.264 e. The second kappa shape index (κ2) is 7.52. The molecule has 120 valence electrons. The van der Waals surface area contributed by atoms with E-state index in [9.17, 15) is 4.79 Å². The quantitative estimate of drug-likeness (QED) is 0.716. The number of anilines is 1. The lowest BCUT2D eigenvalue weighted by Crippen LogP contribution is -2.37. The summed E-state index contributed by atoms with van der Waals surface area (Å²) in [7, 11) is 0. The van der Waals surface area contributed by atoms with E-state index in [-0.39, 0.29) is 17.6 Å². The Morgan fingerprint density at radius 2 is 1.83 bits per heavy atom. The number of amides is 1. The number of hydrogen-bond acceptors (Lipinski definition) is 4. The van der Waals surface area contributed by atoms with Gasteiger partial charge in [-0.25, -0.2) is 4.98 Å². The third-order valence-corrected chi connectivity index (χ3v) is 3.47. The van der Waals surface area contributed by atoms with Crippen LogP contribution in [0.15, 0.2) is 66.9 Å². The smallest absolute Gasteiger partial charge is 0.264 e. The predicted molar refractivity (Wildman–Crippen MR) is 98.0 cm³/mol. The fraction of sp³-hybridized carbons (Fsp3) is 0.0556. The number of nitrogens with zero attached hydrogens (tertiary/aromatic N) is 1. The number of nitrogens with one attached hydrogen (secondary N) is 2. The SMILES string of the molecule is O=C(COc1cccc2ccccc12)NC(=S)Nc1ccccn1. The number of carbonyl (C=O) groups is 1. The van der Waals surface area contributed by atoms with Gasteiger partial charge in [-0.15, -0.1) is 0 Å². The van der Waals surface area contributed by atoms with Crippen LogP contribution in [0.3, 0.4) is 0 Å². The number of benzene rings is 2. The summed E-state index contributed by atoms with van der Waals surface area (Å²) < 4.78 is 5.62. The Hall–Kier alpha value is -2.99. The zero-order valence-corrected chi connectivity index (χ0v) is 13.5. The van der Waals surface area contributed by atoms with Crippen LogP contribution in [0.5, 0.6) is 5.75 Å². The summed E-state index contributed by atoms with van der Waals surface area (Å²) in [5.41, 5.74) is 0. The number of ether oxygens (including phenoxy) is 1. The second-order valence-corrected chi connectivity index (χ2v) is 5.39. The van der Waals surface area contributed by atoms with Gasteiger partial charge in [0.2, 0.25) is 0 Å². The van der Waals surface area contributed by atoms with Gasteiger partial charge in [0.05, 0.1) is 0 Å². The van der Waals surface area contributed by atoms with Crippen molar-refractivity contribution in [3.63, 3.8) is 0 Å². The molecule has 0 spiro atoms. The zero-order valence-electron chi connectivity index (χ0n) is 12.7. The molecule has 0 aliphatic carbocycles. The number of pyridine rings is 1. The first-order valence-corrected chi connectivity index (χ1v) is 7.75. The summed E-state index contributed by atoms with van der Waals surface area (Å²) in [4.78, 5) is 16.0. The average molecular weight is 337 g/mol. The third kappa shape index (κ3) is 4.05. The molecule has 3 rings (SSSR count). The Kier molecular flexibility index (Phi) is 4.98. The van der Waals surface area contributed by atoms with Gasteiger partial charge in [0.1, 0.15) is 11.6 Å². The standard InChI is InChI=1S/C18H15N3O2S/c22-17(21-18(24)20-16-10-3-4-11-19-16)12-23-15-9-5-7-13-6-1-2-8-14(13)15/h1-11H,12H2,(H2,19,20,21,22,24). The highest BCUT2D eigenvalue weighted by molar-refractivity contribution is 7.80. The van der Waals surface area contributed by atoms with E-state index in [0.29, 0.717) is 11.6 Å². The molecule has 2 N–H and O–H groups in total. The molecule has 2 aromatic carbocycles. The first-order valence-electron chi connectivity index (χ1n) is 7.35. The Labute approximate surface area is 144 Å². The monoisotopic (exact) mass is 337 g/mol. The fourth-order valence-electron chi connectivity index (χ4n) is 2.21. The van der Waals surface area contributed by atoms with E-state index >= 15 is 0 Å². The van der Waals surface area contributed by atoms with Crippen molar-refractivity contribution in [2.45, 2.75) is 0 Å². The van der Waals surface area contributed by atoms with Crippen molar-refractivity contribution in [3.8, 4) is 5.75 Å². The van der Waals surface area contributed by atoms with Crippen molar-refractivity contribution >= 4 is 39.8 Å². The van der Waals surface area contributed by atoms with Crippen molar-refractivity contribution < 1.29 is 9.53 Å². The Morgan fingerprint density at radius 1 is 1.04 bits per heavy atom. The van der Waals surface area contributed by atoms with Crippen molar-refractivity contribution in [1.29, 1.82) is 0 Å². The highest BCUT2D eigenvalue weighted by atomic mass is 32.1. The number of thiocarbonyl (C=S) groups is 1. The van der Waals surface area contributed by atoms with Gasteiger partial charge >= 0.3 is 0 Å². The molecule has 0 unspecified atom stereocenters. The van der Waals surface area contributed by atoms with Crippen LogP contribution in [0.1, 0.15) is 0 Å². The maximum atomic E-state index is 12.0. The molecule has 0 bridgehead atoms. The molecule has 0 aliphatic heterocycles. The minimum atomic E-state index is -0.337. The van der Waals surface area contributed by atoms with Crippen molar-refractivity contribution in [2.75, 3.05) is 11.9 Å². The molecule has 0 saturated heterocycles. The lowest BCUT2D eigenvalue weighted by Gasteiger charge is -2.11. The van der Waals surface area contributed by atoms with E-state index in [0.717, 1.165) is 10.8 Å². The first-order chi connectivity index (χ1) is 11.7. The summed E-state index contributed by atoms with van der Waals surface area (Å²) in [5, 5.41) is 7.60. The molecule has 0 aliphatic rings. The van der Waals surface area contributed by atoms with E-state index < -0.39 is 0 Å². The lowest BCUT2D eigenvalue weighted by molar-refractivity contribution is -0.121. The molecule has 0 saturated carbocycles. The second-order valence-electron chi connectivity index (χ2n) is 4.98. The van der Waals surface area contributed by atoms with Gasteiger partial charge in [0.15, 0.2) is 11.7 Å². The van der Waals surface area contributed by atoms with Crippen LogP contribution >= 0.6 is 12.2 Å². The number of carbonyl (C=O) groups excluding carboxylic acids is 1. The minimum absolute atomic E-state index is 0.127. The van der Waals surface area contributed by atoms with Crippen molar-refractivity contribution in [1.82, 2.24) is 10.3 Å². The largest absolute Gasteiger partial charge is 0.483 e. The van der Waals surface area contributed by atoms with E-state index in [1.807, 2.05) is 48.5 Å². The average Bonchev–Trinajstić information content (AvgIpc) is 2.60. The summed E-state index contributed by atoms with van der Waals surface area (Å²) in [6.45, 7) is -0.127. The first kappa shape index (κ1) is 15.9. The van der Waals surface area contributed by atoms with E-state index in [1.54, 1.807) is 18.3 Å². The molecule has 0 radical (unpaired) electrons. The minimum Gasteiger partial charge on any atom is -0.483 e. The lowest BCUT2D eigenvalue weighted by atomic mass is 10.1. The molecule has 0 fully saturated rings. The van der Waals surface area contributed by atoms with Gasteiger partial charge < -0.3 is 10.1 Å². The Bertz CT molecular complexity index is 863. The van der Waals surface area contributed by atoms with E-state index in [1.165, 1.54) is 0 Å². The number of hydrogen-bond donors (Lipinski definition) is 2. The van der Waals surface area contributed by atoms with E-state index in [4.69, 9.17) is 17.0 Å². The maximum absolute atomic E-state index is 12.0. The van der Waals surface area contributed by atoms with Crippen LogP contribution in [0.25, 0.3) is 10.8 Å². The van der Waals surface area contributed by atoms with Gasteiger partial charge in [-0.1, -0.05) is 42.5 Å². The van der Waals surface area contributed by atoms with Crippen LogP contribution in [0.4, 0.5) is 5.82 Å². The molecule has 1 heterocycles. The molecule has 1 amide bonds. The number of rotatable bonds is 4. The molecule has 3 aromatic rings. The van der Waals surface area contributed by atoms with Crippen LogP contribution in [-0.4, -0.2) is 22.6 Å². The van der Waals surface area contributed by atoms with Gasteiger partial charge in [-0.05, 0) is 35.8 Å². The van der Waals surface area contributed by atoms with Crippen molar-refractivity contribution in [2.24, 2.45) is 0 Å². The zero-order chi connectivity index (χ0) is 16.8. The van der Waals surface area contributed by atoms with Crippen molar-refractivity contribution in [3.05, 3.63) is 66.9 Å². The molecule has 0 atom stereocenters. The Morgan fingerprint density at radius 3 is 2.67 bits per heavy atom. The highest BCUT2D eigenvalue weighted by Crippen LogP contribution is 2.24. The van der Waals surface area contributed by atoms with Crippen LogP contribution in [-0.2, 0) is 4.79 Å². The molecule has 24 heavy (non-hydrogen) atoms. The third-order valence-electron chi connectivity index (χ3n) is 3.27. The molecule has 6 heteroatoms. The molecule has 5 nitrogen and oxygen atoms in total. The summed E-state index contributed by atoms with van der Waals surface area (Å²) >= 11 is 5.08. The highest BCUT2D eigenvalue weighted by Gasteiger charge is 2.08. The fourth-order valence-corrected chi connectivity index (χ4v) is 2.43. The topological polar surface area (TPSA) is 63.2 Å². The van der Waals surface area contributed by atoms with Crippen LogP contribution in [0.2, 0.25) is 0 Å². The van der Waals surface area contributed by atoms with Crippen LogP contribution in [0, 0.1) is 0 Å². The summed E-state index contributed by atoms with van der Waals surface area (Å²) in [6.07, 6.45) is 1.64. The van der Waals surface area contributed by atoms with Gasteiger partial charge in [-0.3, -0.25) is 10.1 Å². The van der Waals surface area contributed by atoms with Gasteiger partial charge in [-0.2, -0.15) is 0 Å². The van der Waals surface area contributed by atoms with Crippen LogP contribution < -0.4 is 15.4 Å². The number of aromatic nitrogens is 1. The Balaban J connectivity index is 1.56. The van der Waals surface area contributed by atoms with E-state index in [2.05, 4.69) is 15.6 Å². The molecular formula is C18H15N3O2S. The summed E-state index contributed by atoms with van der Waals surface area (Å²) in [6, 6.07) is 18.9. The normalized spacial score (nSPS) is 10.2.